The molecule has 0 amide bonds. The molecule has 0 N–H and O–H groups in total. The second kappa shape index (κ2) is 4.85. The van der Waals surface area contributed by atoms with Gasteiger partial charge in [-0.05, 0) is 42.4 Å². The smallest absolute Gasteiger partial charge is 0.306 e. The standard InChI is InChI=1S/C11H15BrF3N3/c1-17-5-3-4-7(6-17)9-8(12)10(11(13,14)15)16-18(9)2/h7H,3-6H2,1-2H3. The summed E-state index contributed by atoms with van der Waals surface area (Å²) in [5, 5.41) is 3.61. The topological polar surface area (TPSA) is 21.1 Å². The second-order valence-electron chi connectivity index (χ2n) is 4.77. The molecule has 0 aromatic carbocycles. The predicted molar refractivity (Wildman–Crippen MR) is 65.4 cm³/mol. The zero-order valence-electron chi connectivity index (χ0n) is 10.3. The molecule has 1 saturated heterocycles. The fourth-order valence-corrected chi connectivity index (χ4v) is 3.41. The van der Waals surface area contributed by atoms with E-state index in [-0.39, 0.29) is 10.4 Å². The van der Waals surface area contributed by atoms with Crippen LogP contribution in [0.1, 0.15) is 30.1 Å². The molecule has 1 aliphatic heterocycles. The van der Waals surface area contributed by atoms with Crippen molar-refractivity contribution >= 4 is 15.9 Å². The number of alkyl halides is 3. The maximum Gasteiger partial charge on any atom is 0.436 e. The Morgan fingerprint density at radius 3 is 2.50 bits per heavy atom. The van der Waals surface area contributed by atoms with E-state index in [1.807, 2.05) is 7.05 Å². The first kappa shape index (κ1) is 13.9. The third-order valence-corrected chi connectivity index (χ3v) is 4.09. The van der Waals surface area contributed by atoms with Gasteiger partial charge in [0.05, 0.1) is 10.2 Å². The summed E-state index contributed by atoms with van der Waals surface area (Å²) in [6.45, 7) is 1.77. The van der Waals surface area contributed by atoms with Gasteiger partial charge in [-0.25, -0.2) is 0 Å². The van der Waals surface area contributed by atoms with Gasteiger partial charge >= 0.3 is 6.18 Å². The van der Waals surface area contributed by atoms with Crippen molar-refractivity contribution in [2.45, 2.75) is 24.9 Å². The quantitative estimate of drug-likeness (QED) is 0.791. The van der Waals surface area contributed by atoms with Gasteiger partial charge in [-0.2, -0.15) is 18.3 Å². The van der Waals surface area contributed by atoms with Gasteiger partial charge in [0.25, 0.3) is 0 Å². The molecule has 1 aromatic rings. The molecule has 0 radical (unpaired) electrons. The highest BCUT2D eigenvalue weighted by Gasteiger charge is 2.39. The van der Waals surface area contributed by atoms with Gasteiger partial charge in [-0.3, -0.25) is 4.68 Å². The Balaban J connectivity index is 2.36. The highest BCUT2D eigenvalue weighted by molar-refractivity contribution is 9.10. The maximum absolute atomic E-state index is 12.8. The van der Waals surface area contributed by atoms with Crippen molar-refractivity contribution < 1.29 is 13.2 Å². The van der Waals surface area contributed by atoms with Crippen LogP contribution >= 0.6 is 15.9 Å². The Labute approximate surface area is 112 Å². The second-order valence-corrected chi connectivity index (χ2v) is 5.56. The number of hydrogen-bond acceptors (Lipinski definition) is 2. The van der Waals surface area contributed by atoms with Crippen LogP contribution in [0.5, 0.6) is 0 Å². The van der Waals surface area contributed by atoms with Crippen molar-refractivity contribution in [3.63, 3.8) is 0 Å². The monoisotopic (exact) mass is 325 g/mol. The van der Waals surface area contributed by atoms with Crippen molar-refractivity contribution in [3.05, 3.63) is 15.9 Å². The van der Waals surface area contributed by atoms with E-state index >= 15 is 0 Å². The largest absolute Gasteiger partial charge is 0.436 e. The first-order valence-corrected chi connectivity index (χ1v) is 6.58. The van der Waals surface area contributed by atoms with Gasteiger partial charge in [-0.1, -0.05) is 0 Å². The average molecular weight is 326 g/mol. The number of likely N-dealkylation sites (N-methyl/N-ethyl adjacent to an activating group) is 1. The minimum Gasteiger partial charge on any atom is -0.306 e. The third-order valence-electron chi connectivity index (χ3n) is 3.31. The highest BCUT2D eigenvalue weighted by atomic mass is 79.9. The first-order valence-electron chi connectivity index (χ1n) is 5.79. The maximum atomic E-state index is 12.8. The van der Waals surface area contributed by atoms with E-state index in [4.69, 9.17) is 0 Å². The summed E-state index contributed by atoms with van der Waals surface area (Å²) in [5.41, 5.74) is -0.179. The van der Waals surface area contributed by atoms with Gasteiger partial charge in [0.1, 0.15) is 0 Å². The lowest BCUT2D eigenvalue weighted by Gasteiger charge is -2.29. The van der Waals surface area contributed by atoms with Crippen LogP contribution < -0.4 is 0 Å². The van der Waals surface area contributed by atoms with Crippen LogP contribution in [0.2, 0.25) is 0 Å². The van der Waals surface area contributed by atoms with E-state index in [0.717, 1.165) is 25.9 Å². The zero-order valence-corrected chi connectivity index (χ0v) is 11.8. The molecule has 2 rings (SSSR count). The molecule has 1 atom stereocenters. The number of halogens is 4. The zero-order chi connectivity index (χ0) is 13.5. The molecular formula is C11H15BrF3N3. The molecule has 18 heavy (non-hydrogen) atoms. The Morgan fingerprint density at radius 1 is 1.33 bits per heavy atom. The van der Waals surface area contributed by atoms with E-state index in [2.05, 4.69) is 25.9 Å². The van der Waals surface area contributed by atoms with E-state index in [1.165, 1.54) is 4.68 Å². The highest BCUT2D eigenvalue weighted by Crippen LogP contribution is 2.39. The van der Waals surface area contributed by atoms with Crippen LogP contribution in [-0.2, 0) is 13.2 Å². The summed E-state index contributed by atoms with van der Waals surface area (Å²) in [5.74, 6) is 0.103. The van der Waals surface area contributed by atoms with E-state index in [0.29, 0.717) is 5.69 Å². The van der Waals surface area contributed by atoms with E-state index < -0.39 is 11.9 Å². The lowest BCUT2D eigenvalue weighted by atomic mass is 9.95. The molecule has 0 saturated carbocycles. The minimum absolute atomic E-state index is 0.0952. The van der Waals surface area contributed by atoms with Crippen molar-refractivity contribution in [2.24, 2.45) is 7.05 Å². The molecular weight excluding hydrogens is 311 g/mol. The normalized spacial score (nSPS) is 22.4. The molecule has 0 aliphatic carbocycles. The molecule has 3 nitrogen and oxygen atoms in total. The Bertz CT molecular complexity index is 441. The number of nitrogens with zero attached hydrogens (tertiary/aromatic N) is 3. The summed E-state index contributed by atoms with van der Waals surface area (Å²) < 4.78 is 39.8. The average Bonchev–Trinajstić information content (AvgIpc) is 2.54. The van der Waals surface area contributed by atoms with Crippen molar-refractivity contribution in [3.8, 4) is 0 Å². The van der Waals surface area contributed by atoms with Crippen LogP contribution in [0.15, 0.2) is 4.47 Å². The van der Waals surface area contributed by atoms with Crippen LogP contribution in [0.25, 0.3) is 0 Å². The van der Waals surface area contributed by atoms with Crippen LogP contribution in [0, 0.1) is 0 Å². The number of likely N-dealkylation sites (tertiary alicyclic amines) is 1. The molecule has 1 unspecified atom stereocenters. The van der Waals surface area contributed by atoms with Crippen LogP contribution in [-0.4, -0.2) is 34.8 Å². The number of hydrogen-bond donors (Lipinski definition) is 0. The summed E-state index contributed by atoms with van der Waals surface area (Å²) in [6.07, 6.45) is -2.50. The molecule has 0 bridgehead atoms. The number of aryl methyl sites for hydroxylation is 1. The van der Waals surface area contributed by atoms with Crippen LogP contribution in [0.3, 0.4) is 0 Å². The number of rotatable bonds is 1. The Morgan fingerprint density at radius 2 is 2.00 bits per heavy atom. The third kappa shape index (κ3) is 2.56. The number of piperidine rings is 1. The lowest BCUT2D eigenvalue weighted by molar-refractivity contribution is -0.142. The fourth-order valence-electron chi connectivity index (χ4n) is 2.53. The van der Waals surface area contributed by atoms with Crippen LogP contribution in [0.4, 0.5) is 13.2 Å². The Kier molecular flexibility index (Phi) is 3.73. The van der Waals surface area contributed by atoms with Gasteiger partial charge in [0.2, 0.25) is 0 Å². The van der Waals surface area contributed by atoms with Crippen molar-refractivity contribution in [1.29, 1.82) is 0 Å². The molecule has 1 aromatic heterocycles. The number of aromatic nitrogens is 2. The van der Waals surface area contributed by atoms with Gasteiger partial charge in [0.15, 0.2) is 5.69 Å². The molecule has 102 valence electrons. The van der Waals surface area contributed by atoms with Gasteiger partial charge in [-0.15, -0.1) is 0 Å². The molecule has 2 heterocycles. The molecule has 1 fully saturated rings. The van der Waals surface area contributed by atoms with E-state index in [9.17, 15) is 13.2 Å². The van der Waals surface area contributed by atoms with E-state index in [1.54, 1.807) is 7.05 Å². The van der Waals surface area contributed by atoms with Gasteiger partial charge < -0.3 is 4.90 Å². The molecule has 7 heteroatoms. The van der Waals surface area contributed by atoms with Gasteiger partial charge in [0, 0.05) is 19.5 Å². The van der Waals surface area contributed by atoms with Crippen molar-refractivity contribution in [1.82, 2.24) is 14.7 Å². The fraction of sp³-hybridized carbons (Fsp3) is 0.727. The summed E-state index contributed by atoms with van der Waals surface area (Å²) in [6, 6.07) is 0. The minimum atomic E-state index is -4.41. The Hall–Kier alpha value is -0.560. The SMILES string of the molecule is CN1CCCC(c2c(Br)c(C(F)(F)F)nn2C)C1. The first-order chi connectivity index (χ1) is 8.30. The van der Waals surface area contributed by atoms with Crippen molar-refractivity contribution in [2.75, 3.05) is 20.1 Å². The lowest BCUT2D eigenvalue weighted by Crippen LogP contribution is -2.31. The predicted octanol–water partition coefficient (Wildman–Crippen LogP) is 3.01. The summed E-state index contributed by atoms with van der Waals surface area (Å²) in [7, 11) is 3.56. The molecule has 1 aliphatic rings. The summed E-state index contributed by atoms with van der Waals surface area (Å²) in [4.78, 5) is 2.14. The molecule has 0 spiro atoms. The summed E-state index contributed by atoms with van der Waals surface area (Å²) >= 11 is 3.07.